The van der Waals surface area contributed by atoms with Crippen molar-refractivity contribution >= 4 is 21.0 Å². The van der Waals surface area contributed by atoms with Gasteiger partial charge < -0.3 is 11.2 Å². The summed E-state index contributed by atoms with van der Waals surface area (Å²) in [5, 5.41) is 9.28. The molecule has 0 fully saturated rings. The van der Waals surface area contributed by atoms with Gasteiger partial charge >= 0.3 is 35.1 Å². The van der Waals surface area contributed by atoms with Crippen LogP contribution in [0, 0.1) is 0 Å². The van der Waals surface area contributed by atoms with Crippen molar-refractivity contribution in [1.82, 2.24) is 4.12 Å². The van der Waals surface area contributed by atoms with Gasteiger partial charge in [-0.2, -0.15) is 0 Å². The Morgan fingerprint density at radius 1 is 1.46 bits per heavy atom. The molecular weight excluding hydrogens is 201 g/mol. The van der Waals surface area contributed by atoms with Crippen molar-refractivity contribution in [1.29, 1.82) is 0 Å². The van der Waals surface area contributed by atoms with Crippen LogP contribution in [0.15, 0.2) is 29.1 Å². The molecule has 1 atom stereocenters. The molecule has 0 aliphatic heterocycles. The van der Waals surface area contributed by atoms with Crippen molar-refractivity contribution < 1.29 is 40.7 Å². The molecule has 1 aromatic carbocycles. The molecule has 1 N–H and O–H groups in total. The molecular formula is C7H6NNaO3S. The average molecular weight is 207 g/mol. The quantitative estimate of drug-likeness (QED) is 0.311. The zero-order valence-corrected chi connectivity index (χ0v) is 9.75. The van der Waals surface area contributed by atoms with E-state index in [1.165, 1.54) is 6.07 Å². The minimum atomic E-state index is -1.73. The van der Waals surface area contributed by atoms with Crippen LogP contribution in [0.25, 0.3) is 10.1 Å². The molecule has 1 unspecified atom stereocenters. The van der Waals surface area contributed by atoms with E-state index in [4.69, 9.17) is 5.21 Å². The van der Waals surface area contributed by atoms with Gasteiger partial charge in [0, 0.05) is 10.2 Å². The second-order valence-corrected chi connectivity index (χ2v) is 3.61. The Balaban J connectivity index is 0.000000845. The van der Waals surface area contributed by atoms with Crippen LogP contribution < -0.4 is 35.1 Å². The third-order valence-electron chi connectivity index (χ3n) is 1.64. The first-order valence-electron chi connectivity index (χ1n) is 3.26. The zero-order valence-electron chi connectivity index (χ0n) is 7.93. The maximum Gasteiger partial charge on any atom is 1.00 e. The Morgan fingerprint density at radius 3 is 2.69 bits per heavy atom. The third-order valence-corrected chi connectivity index (χ3v) is 2.85. The van der Waals surface area contributed by atoms with Crippen LogP contribution in [0.5, 0.6) is 0 Å². The van der Waals surface area contributed by atoms with E-state index in [1.807, 2.05) is 0 Å². The van der Waals surface area contributed by atoms with Crippen LogP contribution in [-0.2, 0) is 0 Å². The molecule has 0 saturated heterocycles. The summed E-state index contributed by atoms with van der Waals surface area (Å²) in [4.78, 5) is 11.1. The van der Waals surface area contributed by atoms with Gasteiger partial charge in [0.25, 0.3) is 0 Å². The minimum absolute atomic E-state index is 0. The molecule has 0 amide bonds. The number of fused-ring (bicyclic) bond motifs is 1. The number of hydrogen-bond acceptors (Lipinski definition) is 3. The molecule has 6 heteroatoms. The first kappa shape index (κ1) is 10.7. The van der Waals surface area contributed by atoms with Crippen LogP contribution in [-0.4, -0.2) is 13.9 Å². The van der Waals surface area contributed by atoms with E-state index >= 15 is 0 Å². The molecule has 64 valence electrons. The molecule has 0 spiro atoms. The summed E-state index contributed by atoms with van der Waals surface area (Å²) >= 11 is 0. The maximum absolute atomic E-state index is 11.2. The molecule has 2 aromatic rings. The van der Waals surface area contributed by atoms with Gasteiger partial charge in [-0.15, -0.1) is 0 Å². The molecule has 0 radical (unpaired) electrons. The zero-order chi connectivity index (χ0) is 8.72. The monoisotopic (exact) mass is 207 g/mol. The Labute approximate surface area is 100 Å². The number of nitrogens with zero attached hydrogens (tertiary/aromatic N) is 1. The van der Waals surface area contributed by atoms with Gasteiger partial charge in [-0.3, -0.25) is 4.79 Å². The smallest absolute Gasteiger partial charge is 1.00 e. The Bertz CT molecular complexity index is 495. The van der Waals surface area contributed by atoms with E-state index < -0.39 is 16.5 Å². The standard InChI is InChI=1S/C7H5NO3S.Na.H/c9-7-5-3-1-2-4-6(5)12(11)8(7)10;;/h1-4,10H;;/q;+1;-1. The van der Waals surface area contributed by atoms with Crippen molar-refractivity contribution in [3.8, 4) is 0 Å². The molecule has 2 rings (SSSR count). The number of rotatable bonds is 0. The predicted molar refractivity (Wildman–Crippen MR) is 45.2 cm³/mol. The fourth-order valence-electron chi connectivity index (χ4n) is 1.07. The summed E-state index contributed by atoms with van der Waals surface area (Å²) < 4.78 is 11.8. The van der Waals surface area contributed by atoms with Gasteiger partial charge in [-0.25, -0.2) is 0 Å². The van der Waals surface area contributed by atoms with Gasteiger partial charge in [0.15, 0.2) is 0 Å². The van der Waals surface area contributed by atoms with Crippen LogP contribution in [0.1, 0.15) is 1.43 Å². The van der Waals surface area contributed by atoms with E-state index in [1.54, 1.807) is 18.2 Å². The van der Waals surface area contributed by atoms with Gasteiger partial charge in [0.1, 0.15) is 5.39 Å². The maximum atomic E-state index is 11.2. The summed E-state index contributed by atoms with van der Waals surface area (Å²) in [6.07, 6.45) is 0. The average Bonchev–Trinajstić information content (AvgIpc) is 2.33. The van der Waals surface area contributed by atoms with Crippen LogP contribution in [0.4, 0.5) is 0 Å². The van der Waals surface area contributed by atoms with Crippen molar-refractivity contribution in [2.75, 3.05) is 0 Å². The molecule has 0 saturated carbocycles. The Hall–Kier alpha value is -0.330. The summed E-state index contributed by atoms with van der Waals surface area (Å²) in [7, 11) is -1.73. The summed E-state index contributed by atoms with van der Waals surface area (Å²) in [5.74, 6) is 0. The predicted octanol–water partition coefficient (Wildman–Crippen LogP) is -1.92. The molecule has 13 heavy (non-hydrogen) atoms. The van der Waals surface area contributed by atoms with Crippen molar-refractivity contribution in [2.45, 2.75) is 0 Å². The Kier molecular flexibility index (Phi) is 3.15. The SMILES string of the molecule is O=c1c2ccccc2[s+]([O-])n1O.[H-].[Na+]. The van der Waals surface area contributed by atoms with Crippen molar-refractivity contribution in [2.24, 2.45) is 0 Å². The molecule has 1 aromatic heterocycles. The van der Waals surface area contributed by atoms with Crippen LogP contribution in [0.3, 0.4) is 0 Å². The fourth-order valence-corrected chi connectivity index (χ4v) is 2.04. The topological polar surface area (TPSA) is 65.3 Å². The van der Waals surface area contributed by atoms with E-state index in [2.05, 4.69) is 0 Å². The van der Waals surface area contributed by atoms with E-state index in [9.17, 15) is 9.35 Å². The second kappa shape index (κ2) is 3.81. The minimum Gasteiger partial charge on any atom is -1.00 e. The first-order valence-corrected chi connectivity index (χ1v) is 4.37. The molecule has 0 aliphatic rings. The van der Waals surface area contributed by atoms with Crippen LogP contribution >= 0.6 is 10.9 Å². The normalized spacial score (nSPS) is 11.3. The number of hydrogen-bond donors (Lipinski definition) is 1. The number of aromatic nitrogens is 1. The molecule has 4 nitrogen and oxygen atoms in total. The summed E-state index contributed by atoms with van der Waals surface area (Å²) in [6.45, 7) is 0. The Morgan fingerprint density at radius 2 is 2.08 bits per heavy atom. The fraction of sp³-hybridized carbons (Fsp3) is 0. The van der Waals surface area contributed by atoms with Gasteiger partial charge in [-0.1, -0.05) is 12.1 Å². The molecule has 0 bridgehead atoms. The molecule has 0 aliphatic carbocycles. The van der Waals surface area contributed by atoms with Crippen molar-refractivity contribution in [3.05, 3.63) is 34.6 Å². The third kappa shape index (κ3) is 1.53. The second-order valence-electron chi connectivity index (χ2n) is 2.32. The van der Waals surface area contributed by atoms with Gasteiger partial charge in [0.2, 0.25) is 4.70 Å². The van der Waals surface area contributed by atoms with Gasteiger partial charge in [0.05, 0.1) is 10.9 Å². The van der Waals surface area contributed by atoms with E-state index in [0.717, 1.165) is 0 Å². The van der Waals surface area contributed by atoms with Gasteiger partial charge in [-0.05, 0) is 6.07 Å². The van der Waals surface area contributed by atoms with Crippen molar-refractivity contribution in [3.63, 3.8) is 0 Å². The van der Waals surface area contributed by atoms with Crippen LogP contribution in [0.2, 0.25) is 0 Å². The largest absolute Gasteiger partial charge is 1.00 e. The molecule has 1 heterocycles. The summed E-state index contributed by atoms with van der Waals surface area (Å²) in [6, 6.07) is 6.42. The number of benzene rings is 1. The van der Waals surface area contributed by atoms with E-state index in [-0.39, 0.29) is 35.1 Å². The first-order chi connectivity index (χ1) is 5.72. The summed E-state index contributed by atoms with van der Waals surface area (Å²) in [5.41, 5.74) is -0.607. The van der Waals surface area contributed by atoms with E-state index in [0.29, 0.717) is 10.1 Å².